The van der Waals surface area contributed by atoms with E-state index in [4.69, 9.17) is 5.73 Å². The highest BCUT2D eigenvalue weighted by Crippen LogP contribution is 2.19. The van der Waals surface area contributed by atoms with Gasteiger partial charge in [-0.15, -0.1) is 0 Å². The standard InChI is InChI=1S/C16H22N4/c1-3-15(17)10-14-7-5-9-19-16(14)20(2)12-13-6-4-8-18-11-13/h4-9,11,15H,3,10,12,17H2,1-2H3. The SMILES string of the molecule is CCC(N)Cc1cccnc1N(C)Cc1cccnc1. The molecule has 2 aromatic rings. The fourth-order valence-electron chi connectivity index (χ4n) is 2.20. The molecule has 0 saturated heterocycles. The molecule has 2 heterocycles. The van der Waals surface area contributed by atoms with Crippen LogP contribution in [-0.2, 0) is 13.0 Å². The molecule has 0 fully saturated rings. The number of pyridine rings is 2. The molecule has 0 bridgehead atoms. The lowest BCUT2D eigenvalue weighted by Crippen LogP contribution is -2.25. The molecule has 0 aromatic carbocycles. The van der Waals surface area contributed by atoms with Crippen LogP contribution in [0.4, 0.5) is 5.82 Å². The lowest BCUT2D eigenvalue weighted by molar-refractivity contribution is 0.643. The Balaban J connectivity index is 2.15. The van der Waals surface area contributed by atoms with E-state index >= 15 is 0 Å². The van der Waals surface area contributed by atoms with E-state index in [0.29, 0.717) is 0 Å². The van der Waals surface area contributed by atoms with Crippen molar-refractivity contribution in [2.24, 2.45) is 5.73 Å². The van der Waals surface area contributed by atoms with Crippen molar-refractivity contribution in [1.82, 2.24) is 9.97 Å². The van der Waals surface area contributed by atoms with Crippen LogP contribution < -0.4 is 10.6 Å². The van der Waals surface area contributed by atoms with Gasteiger partial charge in [-0.3, -0.25) is 4.98 Å². The van der Waals surface area contributed by atoms with Gasteiger partial charge in [0.1, 0.15) is 5.82 Å². The summed E-state index contributed by atoms with van der Waals surface area (Å²) in [5.41, 5.74) is 8.44. The Morgan fingerprint density at radius 1 is 1.25 bits per heavy atom. The van der Waals surface area contributed by atoms with Gasteiger partial charge >= 0.3 is 0 Å². The van der Waals surface area contributed by atoms with Gasteiger partial charge in [0.2, 0.25) is 0 Å². The first kappa shape index (κ1) is 14.5. The zero-order chi connectivity index (χ0) is 14.4. The number of rotatable bonds is 6. The van der Waals surface area contributed by atoms with Crippen molar-refractivity contribution in [2.75, 3.05) is 11.9 Å². The quantitative estimate of drug-likeness (QED) is 0.875. The molecule has 2 aromatic heterocycles. The molecule has 4 heteroatoms. The number of nitrogens with two attached hydrogens (primary N) is 1. The van der Waals surface area contributed by atoms with Gasteiger partial charge in [0.15, 0.2) is 0 Å². The summed E-state index contributed by atoms with van der Waals surface area (Å²) < 4.78 is 0. The lowest BCUT2D eigenvalue weighted by Gasteiger charge is -2.22. The normalized spacial score (nSPS) is 12.2. The molecule has 20 heavy (non-hydrogen) atoms. The van der Waals surface area contributed by atoms with Crippen LogP contribution in [0.2, 0.25) is 0 Å². The fourth-order valence-corrected chi connectivity index (χ4v) is 2.20. The molecule has 0 aliphatic rings. The zero-order valence-corrected chi connectivity index (χ0v) is 12.2. The van der Waals surface area contributed by atoms with Crippen molar-refractivity contribution in [1.29, 1.82) is 0 Å². The lowest BCUT2D eigenvalue weighted by atomic mass is 10.1. The Bertz CT molecular complexity index is 527. The third-order valence-electron chi connectivity index (χ3n) is 3.38. The van der Waals surface area contributed by atoms with Crippen molar-refractivity contribution in [3.63, 3.8) is 0 Å². The first-order valence-corrected chi connectivity index (χ1v) is 7.00. The van der Waals surface area contributed by atoms with Crippen LogP contribution in [0.15, 0.2) is 42.9 Å². The maximum Gasteiger partial charge on any atom is 0.131 e. The third kappa shape index (κ3) is 3.78. The minimum Gasteiger partial charge on any atom is -0.355 e. The zero-order valence-electron chi connectivity index (χ0n) is 12.2. The summed E-state index contributed by atoms with van der Waals surface area (Å²) in [5, 5.41) is 0. The van der Waals surface area contributed by atoms with Crippen LogP contribution in [0, 0.1) is 0 Å². The van der Waals surface area contributed by atoms with Gasteiger partial charge < -0.3 is 10.6 Å². The van der Waals surface area contributed by atoms with Gasteiger partial charge in [0, 0.05) is 38.2 Å². The van der Waals surface area contributed by atoms with Gasteiger partial charge in [0.25, 0.3) is 0 Å². The maximum atomic E-state index is 6.07. The van der Waals surface area contributed by atoms with Crippen molar-refractivity contribution in [3.05, 3.63) is 54.0 Å². The van der Waals surface area contributed by atoms with Crippen molar-refractivity contribution in [2.45, 2.75) is 32.4 Å². The largest absolute Gasteiger partial charge is 0.355 e. The molecule has 0 saturated carbocycles. The van der Waals surface area contributed by atoms with Crippen LogP contribution >= 0.6 is 0 Å². The van der Waals surface area contributed by atoms with E-state index in [1.54, 1.807) is 6.20 Å². The van der Waals surface area contributed by atoms with E-state index in [2.05, 4.69) is 41.0 Å². The molecule has 0 aliphatic carbocycles. The second-order valence-electron chi connectivity index (χ2n) is 5.08. The van der Waals surface area contributed by atoms with E-state index in [9.17, 15) is 0 Å². The Hall–Kier alpha value is -1.94. The summed E-state index contributed by atoms with van der Waals surface area (Å²) >= 11 is 0. The molecule has 2 rings (SSSR count). The summed E-state index contributed by atoms with van der Waals surface area (Å²) in [6, 6.07) is 8.29. The Labute approximate surface area is 120 Å². The molecule has 0 radical (unpaired) electrons. The van der Waals surface area contributed by atoms with Gasteiger partial charge in [0.05, 0.1) is 0 Å². The topological polar surface area (TPSA) is 55.0 Å². The van der Waals surface area contributed by atoms with Crippen molar-refractivity contribution >= 4 is 5.82 Å². The van der Waals surface area contributed by atoms with E-state index in [1.165, 1.54) is 11.1 Å². The number of hydrogen-bond donors (Lipinski definition) is 1. The number of anilines is 1. The Kier molecular flexibility index (Phi) is 5.07. The molecule has 2 N–H and O–H groups in total. The fraction of sp³-hybridized carbons (Fsp3) is 0.375. The predicted molar refractivity (Wildman–Crippen MR) is 82.6 cm³/mol. The number of hydrogen-bond acceptors (Lipinski definition) is 4. The highest BCUT2D eigenvalue weighted by molar-refractivity contribution is 5.46. The molecular formula is C16H22N4. The monoisotopic (exact) mass is 270 g/mol. The van der Waals surface area contributed by atoms with E-state index in [1.807, 2.05) is 24.5 Å². The Morgan fingerprint density at radius 2 is 2.05 bits per heavy atom. The smallest absolute Gasteiger partial charge is 0.131 e. The molecular weight excluding hydrogens is 248 g/mol. The average Bonchev–Trinajstić information content (AvgIpc) is 2.48. The van der Waals surface area contributed by atoms with Crippen LogP contribution in [0.1, 0.15) is 24.5 Å². The summed E-state index contributed by atoms with van der Waals surface area (Å²) in [6.45, 7) is 2.90. The second-order valence-corrected chi connectivity index (χ2v) is 5.08. The van der Waals surface area contributed by atoms with Gasteiger partial charge in [-0.1, -0.05) is 19.1 Å². The second kappa shape index (κ2) is 7.01. The molecule has 0 spiro atoms. The van der Waals surface area contributed by atoms with Crippen LogP contribution in [-0.4, -0.2) is 23.1 Å². The summed E-state index contributed by atoms with van der Waals surface area (Å²) in [4.78, 5) is 10.8. The minimum absolute atomic E-state index is 0.185. The number of nitrogens with zero attached hydrogens (tertiary/aromatic N) is 3. The Morgan fingerprint density at radius 3 is 2.75 bits per heavy atom. The van der Waals surface area contributed by atoms with E-state index in [0.717, 1.165) is 25.2 Å². The molecule has 0 amide bonds. The summed E-state index contributed by atoms with van der Waals surface area (Å²) in [5.74, 6) is 1.00. The highest BCUT2D eigenvalue weighted by atomic mass is 15.2. The maximum absolute atomic E-state index is 6.07. The van der Waals surface area contributed by atoms with Gasteiger partial charge in [-0.25, -0.2) is 4.98 Å². The van der Waals surface area contributed by atoms with E-state index in [-0.39, 0.29) is 6.04 Å². The highest BCUT2D eigenvalue weighted by Gasteiger charge is 2.11. The van der Waals surface area contributed by atoms with Crippen LogP contribution in [0.3, 0.4) is 0 Å². The molecule has 1 atom stereocenters. The van der Waals surface area contributed by atoms with Crippen LogP contribution in [0.25, 0.3) is 0 Å². The summed E-state index contributed by atoms with van der Waals surface area (Å²) in [6.07, 6.45) is 7.33. The minimum atomic E-state index is 0.185. The van der Waals surface area contributed by atoms with Gasteiger partial charge in [-0.05, 0) is 36.1 Å². The summed E-state index contributed by atoms with van der Waals surface area (Å²) in [7, 11) is 2.05. The molecule has 0 aliphatic heterocycles. The number of aromatic nitrogens is 2. The van der Waals surface area contributed by atoms with E-state index < -0.39 is 0 Å². The molecule has 106 valence electrons. The average molecular weight is 270 g/mol. The first-order chi connectivity index (χ1) is 9.70. The third-order valence-corrected chi connectivity index (χ3v) is 3.38. The van der Waals surface area contributed by atoms with Gasteiger partial charge in [-0.2, -0.15) is 0 Å². The van der Waals surface area contributed by atoms with Crippen molar-refractivity contribution < 1.29 is 0 Å². The predicted octanol–water partition coefficient (Wildman–Crippen LogP) is 2.39. The molecule has 1 unspecified atom stereocenters. The van der Waals surface area contributed by atoms with Crippen molar-refractivity contribution in [3.8, 4) is 0 Å². The molecule has 4 nitrogen and oxygen atoms in total. The first-order valence-electron chi connectivity index (χ1n) is 7.00. The van der Waals surface area contributed by atoms with Crippen LogP contribution in [0.5, 0.6) is 0 Å².